The number of nitrogens with zero attached hydrogens (tertiary/aromatic N) is 1. The maximum atomic E-state index is 5.85. The fourth-order valence-corrected chi connectivity index (χ4v) is 2.40. The molecule has 0 spiro atoms. The van der Waals surface area contributed by atoms with E-state index in [1.807, 2.05) is 6.07 Å². The zero-order chi connectivity index (χ0) is 10.3. The fraction of sp³-hybridized carbons (Fsp3) is 0.500. The van der Waals surface area contributed by atoms with Crippen molar-refractivity contribution in [3.05, 3.63) is 23.8 Å². The summed E-state index contributed by atoms with van der Waals surface area (Å²) >= 11 is 0. The number of benzene rings is 1. The van der Waals surface area contributed by atoms with Gasteiger partial charge in [-0.3, -0.25) is 0 Å². The Bertz CT molecular complexity index is 374. The van der Waals surface area contributed by atoms with Gasteiger partial charge in [0, 0.05) is 17.9 Å². The molecule has 1 aromatic carbocycles. The van der Waals surface area contributed by atoms with E-state index in [0.29, 0.717) is 6.04 Å². The predicted molar refractivity (Wildman–Crippen MR) is 61.1 cm³/mol. The minimum absolute atomic E-state index is 0.575. The van der Waals surface area contributed by atoms with Crippen LogP contribution in [0, 0.1) is 0 Å². The molecule has 3 heteroatoms. The van der Waals surface area contributed by atoms with Crippen molar-refractivity contribution in [1.82, 2.24) is 0 Å². The Morgan fingerprint density at radius 3 is 2.93 bits per heavy atom. The molecule has 0 saturated carbocycles. The van der Waals surface area contributed by atoms with E-state index in [1.165, 1.54) is 24.1 Å². The molecule has 2 aliphatic rings. The molecule has 0 bridgehead atoms. The summed E-state index contributed by atoms with van der Waals surface area (Å²) in [4.78, 5) is 2.46. The molecule has 3 nitrogen and oxygen atoms in total. The Morgan fingerprint density at radius 1 is 1.33 bits per heavy atom. The predicted octanol–water partition coefficient (Wildman–Crippen LogP) is 1.42. The third-order valence-electron chi connectivity index (χ3n) is 3.33. The topological polar surface area (TPSA) is 38.5 Å². The summed E-state index contributed by atoms with van der Waals surface area (Å²) in [7, 11) is 0. The molecule has 0 aromatic heterocycles. The van der Waals surface area contributed by atoms with Gasteiger partial charge in [-0.2, -0.15) is 0 Å². The molecule has 1 fully saturated rings. The highest BCUT2D eigenvalue weighted by atomic mass is 16.5. The smallest absolute Gasteiger partial charge is 0.0757 e. The normalized spacial score (nSPS) is 20.9. The monoisotopic (exact) mass is 204 g/mol. The van der Waals surface area contributed by atoms with Crippen LogP contribution in [0.25, 0.3) is 0 Å². The molecule has 1 saturated heterocycles. The van der Waals surface area contributed by atoms with Crippen LogP contribution in [0.2, 0.25) is 0 Å². The number of rotatable bonds is 1. The average molecular weight is 204 g/mol. The van der Waals surface area contributed by atoms with E-state index in [0.717, 1.165) is 25.4 Å². The minimum Gasteiger partial charge on any atom is -0.399 e. The zero-order valence-electron chi connectivity index (χ0n) is 8.78. The first-order chi connectivity index (χ1) is 7.34. The van der Waals surface area contributed by atoms with Crippen LogP contribution in [0.1, 0.15) is 12.0 Å². The first-order valence-electron chi connectivity index (χ1n) is 5.57. The SMILES string of the molecule is Nc1ccc2c(c1)N(C1COC1)CCC2. The van der Waals surface area contributed by atoms with Crippen LogP contribution in [-0.2, 0) is 11.2 Å². The van der Waals surface area contributed by atoms with Crippen LogP contribution in [0.15, 0.2) is 18.2 Å². The van der Waals surface area contributed by atoms with Gasteiger partial charge in [0.1, 0.15) is 0 Å². The molecule has 0 unspecified atom stereocenters. The molecule has 80 valence electrons. The summed E-state index contributed by atoms with van der Waals surface area (Å²) in [5.41, 5.74) is 9.47. The highest BCUT2D eigenvalue weighted by molar-refractivity contribution is 5.63. The van der Waals surface area contributed by atoms with Crippen molar-refractivity contribution in [1.29, 1.82) is 0 Å². The van der Waals surface area contributed by atoms with Gasteiger partial charge in [0.15, 0.2) is 0 Å². The fourth-order valence-electron chi connectivity index (χ4n) is 2.40. The van der Waals surface area contributed by atoms with Gasteiger partial charge in [0.05, 0.1) is 19.3 Å². The van der Waals surface area contributed by atoms with E-state index in [-0.39, 0.29) is 0 Å². The summed E-state index contributed by atoms with van der Waals surface area (Å²) in [5.74, 6) is 0. The van der Waals surface area contributed by atoms with Crippen molar-refractivity contribution >= 4 is 11.4 Å². The lowest BCUT2D eigenvalue weighted by Crippen LogP contribution is -2.51. The van der Waals surface area contributed by atoms with Crippen LogP contribution in [-0.4, -0.2) is 25.8 Å². The molecule has 0 radical (unpaired) electrons. The number of hydrogen-bond donors (Lipinski definition) is 1. The van der Waals surface area contributed by atoms with Crippen molar-refractivity contribution in [2.75, 3.05) is 30.4 Å². The Balaban J connectivity index is 1.96. The van der Waals surface area contributed by atoms with Crippen molar-refractivity contribution in [2.45, 2.75) is 18.9 Å². The standard InChI is InChI=1S/C12H16N2O/c13-10-4-3-9-2-1-5-14(12(9)6-10)11-7-15-8-11/h3-4,6,11H,1-2,5,7-8,13H2. The second-order valence-electron chi connectivity index (χ2n) is 4.38. The number of anilines is 2. The van der Waals surface area contributed by atoms with Gasteiger partial charge < -0.3 is 15.4 Å². The zero-order valence-corrected chi connectivity index (χ0v) is 8.78. The third-order valence-corrected chi connectivity index (χ3v) is 3.33. The summed E-state index contributed by atoms with van der Waals surface area (Å²) in [6, 6.07) is 6.84. The van der Waals surface area contributed by atoms with Gasteiger partial charge >= 0.3 is 0 Å². The quantitative estimate of drug-likeness (QED) is 0.703. The van der Waals surface area contributed by atoms with E-state index < -0.39 is 0 Å². The lowest BCUT2D eigenvalue weighted by Gasteiger charge is -2.42. The van der Waals surface area contributed by atoms with E-state index in [4.69, 9.17) is 10.5 Å². The number of nitrogen functional groups attached to an aromatic ring is 1. The lowest BCUT2D eigenvalue weighted by molar-refractivity contribution is 0.00757. The van der Waals surface area contributed by atoms with E-state index in [9.17, 15) is 0 Å². The van der Waals surface area contributed by atoms with Gasteiger partial charge in [0.2, 0.25) is 0 Å². The maximum absolute atomic E-state index is 5.85. The number of fused-ring (bicyclic) bond motifs is 1. The van der Waals surface area contributed by atoms with Crippen LogP contribution in [0.5, 0.6) is 0 Å². The first kappa shape index (κ1) is 9.04. The summed E-state index contributed by atoms with van der Waals surface area (Å²) in [6.07, 6.45) is 2.42. The van der Waals surface area contributed by atoms with E-state index >= 15 is 0 Å². The molecular formula is C12H16N2O. The summed E-state index contributed by atoms with van der Waals surface area (Å²) < 4.78 is 5.26. The number of ether oxygens (including phenoxy) is 1. The highest BCUT2D eigenvalue weighted by Gasteiger charge is 2.29. The van der Waals surface area contributed by atoms with Crippen LogP contribution in [0.3, 0.4) is 0 Å². The molecule has 1 aromatic rings. The van der Waals surface area contributed by atoms with Crippen LogP contribution in [0.4, 0.5) is 11.4 Å². The van der Waals surface area contributed by atoms with E-state index in [1.54, 1.807) is 0 Å². The number of hydrogen-bond acceptors (Lipinski definition) is 3. The molecule has 2 aliphatic heterocycles. The second-order valence-corrected chi connectivity index (χ2v) is 4.38. The van der Waals surface area contributed by atoms with Crippen molar-refractivity contribution < 1.29 is 4.74 Å². The molecule has 0 atom stereocenters. The Morgan fingerprint density at radius 2 is 2.20 bits per heavy atom. The maximum Gasteiger partial charge on any atom is 0.0757 e. The van der Waals surface area contributed by atoms with Crippen molar-refractivity contribution in [3.8, 4) is 0 Å². The van der Waals surface area contributed by atoms with Gasteiger partial charge in [-0.1, -0.05) is 6.07 Å². The Kier molecular flexibility index (Phi) is 2.06. The molecule has 0 amide bonds. The van der Waals surface area contributed by atoms with Crippen LogP contribution >= 0.6 is 0 Å². The third kappa shape index (κ3) is 1.47. The second kappa shape index (κ2) is 3.42. The molecule has 2 heterocycles. The molecular weight excluding hydrogens is 188 g/mol. The Hall–Kier alpha value is -1.22. The van der Waals surface area contributed by atoms with Crippen LogP contribution < -0.4 is 10.6 Å². The van der Waals surface area contributed by atoms with Crippen molar-refractivity contribution in [2.24, 2.45) is 0 Å². The van der Waals surface area contributed by atoms with Gasteiger partial charge in [-0.25, -0.2) is 0 Å². The largest absolute Gasteiger partial charge is 0.399 e. The molecule has 15 heavy (non-hydrogen) atoms. The number of nitrogens with two attached hydrogens (primary N) is 1. The summed E-state index contributed by atoms with van der Waals surface area (Å²) in [5, 5.41) is 0. The molecule has 3 rings (SSSR count). The lowest BCUT2D eigenvalue weighted by atomic mass is 9.99. The molecule has 0 aliphatic carbocycles. The van der Waals surface area contributed by atoms with Gasteiger partial charge in [-0.05, 0) is 30.5 Å². The van der Waals surface area contributed by atoms with Gasteiger partial charge in [-0.15, -0.1) is 0 Å². The number of aryl methyl sites for hydroxylation is 1. The summed E-state index contributed by atoms with van der Waals surface area (Å²) in [6.45, 7) is 2.88. The van der Waals surface area contributed by atoms with Crippen molar-refractivity contribution in [3.63, 3.8) is 0 Å². The van der Waals surface area contributed by atoms with Gasteiger partial charge in [0.25, 0.3) is 0 Å². The Labute approximate surface area is 89.8 Å². The highest BCUT2D eigenvalue weighted by Crippen LogP contribution is 2.32. The van der Waals surface area contributed by atoms with E-state index in [2.05, 4.69) is 17.0 Å². The first-order valence-corrected chi connectivity index (χ1v) is 5.57. The molecule has 2 N–H and O–H groups in total. The minimum atomic E-state index is 0.575. The average Bonchev–Trinajstić information content (AvgIpc) is 2.16.